The monoisotopic (exact) mass is 508 g/mol. The Kier molecular flexibility index (Phi) is 7.35. The van der Waals surface area contributed by atoms with Crippen LogP contribution in [0.15, 0.2) is 72.8 Å². The molecule has 0 saturated heterocycles. The summed E-state index contributed by atoms with van der Waals surface area (Å²) in [6, 6.07) is 29.8. The molecule has 0 radical (unpaired) electrons. The number of nitriles is 4. The SMILES string of the molecule is Cc1cc(C(C)(C)c2ccc(Oc3ccc(C#N)c(C#N)c3)c(C)c2)ccc1Oc1ccc(C#N)c(C#N)c1. The summed E-state index contributed by atoms with van der Waals surface area (Å²) in [5, 5.41) is 36.9. The van der Waals surface area contributed by atoms with E-state index in [1.165, 1.54) is 0 Å². The van der Waals surface area contributed by atoms with Gasteiger partial charge in [0.15, 0.2) is 0 Å². The summed E-state index contributed by atoms with van der Waals surface area (Å²) in [5.41, 5.74) is 4.94. The van der Waals surface area contributed by atoms with E-state index in [0.29, 0.717) is 34.1 Å². The number of hydrogen-bond donors (Lipinski definition) is 0. The van der Waals surface area contributed by atoms with Crippen LogP contribution in [0, 0.1) is 59.2 Å². The summed E-state index contributed by atoms with van der Waals surface area (Å²) in [6.07, 6.45) is 0. The van der Waals surface area contributed by atoms with Crippen LogP contribution in [-0.4, -0.2) is 0 Å². The lowest BCUT2D eigenvalue weighted by Gasteiger charge is -2.28. The number of hydrogen-bond acceptors (Lipinski definition) is 6. The summed E-state index contributed by atoms with van der Waals surface area (Å²) in [5.74, 6) is 2.33. The first-order valence-corrected chi connectivity index (χ1v) is 12.2. The van der Waals surface area contributed by atoms with Crippen molar-refractivity contribution < 1.29 is 9.47 Å². The normalized spacial score (nSPS) is 10.5. The van der Waals surface area contributed by atoms with Gasteiger partial charge in [-0.3, -0.25) is 0 Å². The maximum atomic E-state index is 9.29. The number of aryl methyl sites for hydroxylation is 2. The van der Waals surface area contributed by atoms with Crippen molar-refractivity contribution in [2.45, 2.75) is 33.1 Å². The van der Waals surface area contributed by atoms with Crippen LogP contribution in [0.1, 0.15) is 58.4 Å². The van der Waals surface area contributed by atoms with Crippen molar-refractivity contribution in [3.05, 3.63) is 117 Å². The van der Waals surface area contributed by atoms with Gasteiger partial charge in [-0.25, -0.2) is 0 Å². The van der Waals surface area contributed by atoms with Gasteiger partial charge in [-0.15, -0.1) is 0 Å². The maximum absolute atomic E-state index is 9.29. The summed E-state index contributed by atoms with van der Waals surface area (Å²) in [4.78, 5) is 0. The molecule has 0 saturated carbocycles. The second-order valence-electron chi connectivity index (χ2n) is 9.65. The van der Waals surface area contributed by atoms with E-state index in [4.69, 9.17) is 20.0 Å². The second-order valence-corrected chi connectivity index (χ2v) is 9.65. The molecule has 0 heterocycles. The van der Waals surface area contributed by atoms with Crippen LogP contribution in [0.2, 0.25) is 0 Å². The van der Waals surface area contributed by atoms with E-state index >= 15 is 0 Å². The smallest absolute Gasteiger partial charge is 0.130 e. The molecule has 0 aliphatic heterocycles. The van der Waals surface area contributed by atoms with Crippen LogP contribution in [0.3, 0.4) is 0 Å². The van der Waals surface area contributed by atoms with Gasteiger partial charge in [0.1, 0.15) is 47.3 Å². The van der Waals surface area contributed by atoms with Crippen LogP contribution >= 0.6 is 0 Å². The summed E-state index contributed by atoms with van der Waals surface area (Å²) >= 11 is 0. The lowest BCUT2D eigenvalue weighted by Crippen LogP contribution is -2.19. The molecule has 0 aromatic heterocycles. The van der Waals surface area contributed by atoms with Crippen LogP contribution in [0.4, 0.5) is 0 Å². The molecule has 0 atom stereocenters. The Morgan fingerprint density at radius 3 is 1.23 bits per heavy atom. The topological polar surface area (TPSA) is 114 Å². The Morgan fingerprint density at radius 1 is 0.513 bits per heavy atom. The van der Waals surface area contributed by atoms with E-state index in [1.807, 2.05) is 62.4 Å². The molecule has 0 bridgehead atoms. The first-order valence-electron chi connectivity index (χ1n) is 12.2. The molecule has 0 spiro atoms. The molecule has 0 N–H and O–H groups in total. The average Bonchev–Trinajstić information content (AvgIpc) is 2.94. The zero-order valence-corrected chi connectivity index (χ0v) is 22.0. The van der Waals surface area contributed by atoms with Gasteiger partial charge >= 0.3 is 0 Å². The molecule has 6 nitrogen and oxygen atoms in total. The molecule has 39 heavy (non-hydrogen) atoms. The Balaban J connectivity index is 1.57. The third-order valence-electron chi connectivity index (χ3n) is 6.71. The van der Waals surface area contributed by atoms with Gasteiger partial charge in [-0.2, -0.15) is 21.0 Å². The quantitative estimate of drug-likeness (QED) is 0.264. The molecule has 0 amide bonds. The molecule has 0 fully saturated rings. The molecular formula is C33H24N4O2. The first-order chi connectivity index (χ1) is 18.7. The highest BCUT2D eigenvalue weighted by Gasteiger charge is 2.25. The standard InChI is InChI=1S/C33H24N4O2/c1-21-13-27(7-11-31(21)38-29-9-5-23(17-34)25(15-29)19-36)33(3,4)28-8-12-32(22(2)14-28)39-30-10-6-24(18-35)26(16-30)20-37/h5-16H,1-4H3. The predicted octanol–water partition coefficient (Wildman–Crippen LogP) is 7.70. The zero-order chi connectivity index (χ0) is 28.2. The van der Waals surface area contributed by atoms with Gasteiger partial charge in [0, 0.05) is 5.41 Å². The van der Waals surface area contributed by atoms with Crippen LogP contribution in [0.25, 0.3) is 0 Å². The minimum Gasteiger partial charge on any atom is -0.457 e. The average molecular weight is 509 g/mol. The minimum atomic E-state index is -0.322. The zero-order valence-electron chi connectivity index (χ0n) is 22.0. The molecule has 4 aromatic carbocycles. The highest BCUT2D eigenvalue weighted by atomic mass is 16.5. The van der Waals surface area contributed by atoms with E-state index in [2.05, 4.69) is 26.0 Å². The van der Waals surface area contributed by atoms with Crippen molar-refractivity contribution in [3.63, 3.8) is 0 Å². The van der Waals surface area contributed by atoms with Gasteiger partial charge in [-0.1, -0.05) is 38.1 Å². The third-order valence-corrected chi connectivity index (χ3v) is 6.71. The molecule has 4 aromatic rings. The van der Waals surface area contributed by atoms with Crippen molar-refractivity contribution in [2.75, 3.05) is 0 Å². The number of rotatable bonds is 6. The Hall–Kier alpha value is -5.56. The van der Waals surface area contributed by atoms with Crippen LogP contribution < -0.4 is 9.47 Å². The lowest BCUT2D eigenvalue weighted by atomic mass is 9.77. The molecule has 188 valence electrons. The molecule has 0 aliphatic rings. The van der Waals surface area contributed by atoms with E-state index in [1.54, 1.807) is 36.4 Å². The van der Waals surface area contributed by atoms with Gasteiger partial charge < -0.3 is 9.47 Å². The molecular weight excluding hydrogens is 484 g/mol. The highest BCUT2D eigenvalue weighted by Crippen LogP contribution is 2.37. The van der Waals surface area contributed by atoms with Crippen molar-refractivity contribution in [2.24, 2.45) is 0 Å². The van der Waals surface area contributed by atoms with Gasteiger partial charge in [0.2, 0.25) is 0 Å². The highest BCUT2D eigenvalue weighted by molar-refractivity contribution is 5.53. The van der Waals surface area contributed by atoms with Crippen LogP contribution in [-0.2, 0) is 5.41 Å². The second kappa shape index (κ2) is 10.8. The lowest BCUT2D eigenvalue weighted by molar-refractivity contribution is 0.477. The largest absolute Gasteiger partial charge is 0.457 e. The molecule has 4 rings (SSSR count). The third kappa shape index (κ3) is 5.42. The minimum absolute atomic E-state index is 0.276. The van der Waals surface area contributed by atoms with Crippen molar-refractivity contribution in [1.29, 1.82) is 21.0 Å². The van der Waals surface area contributed by atoms with Crippen molar-refractivity contribution in [3.8, 4) is 47.3 Å². The fourth-order valence-corrected chi connectivity index (χ4v) is 4.28. The van der Waals surface area contributed by atoms with Gasteiger partial charge in [0.25, 0.3) is 0 Å². The fourth-order valence-electron chi connectivity index (χ4n) is 4.28. The van der Waals surface area contributed by atoms with E-state index in [-0.39, 0.29) is 16.5 Å². The summed E-state index contributed by atoms with van der Waals surface area (Å²) in [7, 11) is 0. The molecule has 0 unspecified atom stereocenters. The number of benzene rings is 4. The summed E-state index contributed by atoms with van der Waals surface area (Å²) < 4.78 is 12.1. The van der Waals surface area contributed by atoms with E-state index in [0.717, 1.165) is 22.3 Å². The summed E-state index contributed by atoms with van der Waals surface area (Å²) in [6.45, 7) is 8.24. The predicted molar refractivity (Wildman–Crippen MR) is 146 cm³/mol. The first kappa shape index (κ1) is 26.5. The molecule has 6 heteroatoms. The maximum Gasteiger partial charge on any atom is 0.130 e. The van der Waals surface area contributed by atoms with Crippen molar-refractivity contribution in [1.82, 2.24) is 0 Å². The number of nitrogens with zero attached hydrogens (tertiary/aromatic N) is 4. The molecule has 0 aliphatic carbocycles. The Labute approximate surface area is 228 Å². The van der Waals surface area contributed by atoms with Gasteiger partial charge in [-0.05, 0) is 84.6 Å². The van der Waals surface area contributed by atoms with E-state index in [9.17, 15) is 10.5 Å². The van der Waals surface area contributed by atoms with Crippen molar-refractivity contribution >= 4 is 0 Å². The van der Waals surface area contributed by atoms with Gasteiger partial charge in [0.05, 0.1) is 22.3 Å². The van der Waals surface area contributed by atoms with E-state index < -0.39 is 0 Å². The Morgan fingerprint density at radius 2 is 0.897 bits per heavy atom. The fraction of sp³-hybridized carbons (Fsp3) is 0.152. The van der Waals surface area contributed by atoms with Crippen LogP contribution in [0.5, 0.6) is 23.0 Å². The number of ether oxygens (including phenoxy) is 2. The Bertz CT molecular complexity index is 1630.